The van der Waals surface area contributed by atoms with E-state index in [4.69, 9.17) is 11.6 Å². The van der Waals surface area contributed by atoms with Crippen LogP contribution in [0.25, 0.3) is 0 Å². The van der Waals surface area contributed by atoms with E-state index in [1.165, 1.54) is 12.1 Å². The third kappa shape index (κ3) is 5.22. The van der Waals surface area contributed by atoms with Crippen LogP contribution in [0.4, 0.5) is 5.69 Å². The number of hydrogen-bond donors (Lipinski definition) is 1. The Hall–Kier alpha value is -2.46. The summed E-state index contributed by atoms with van der Waals surface area (Å²) in [6.07, 6.45) is -0.0523. The molecule has 2 heterocycles. The minimum Gasteiger partial charge on any atom is -0.350 e. The standard InChI is InChI=1S/C23H27ClN4O4S/c1-26-10-12-27(13-11-26)21(19-7-2-3-8-20(19)24)16-25-23(30)17-5-4-6-18(15-17)28-22(29)9-14-33(28,31)32/h2-8,15,21H,9-14,16H2,1H3,(H,25,30)/t21-/m0/s1. The number of piperazine rings is 1. The van der Waals surface area contributed by atoms with Crippen LogP contribution in [0.5, 0.6) is 0 Å². The number of likely N-dealkylation sites (N-methyl/N-ethyl adjacent to an activating group) is 1. The van der Waals surface area contributed by atoms with Gasteiger partial charge in [-0.05, 0) is 36.9 Å². The summed E-state index contributed by atoms with van der Waals surface area (Å²) in [6.45, 7) is 3.90. The number of amides is 2. The molecule has 2 amide bonds. The van der Waals surface area contributed by atoms with Crippen LogP contribution in [-0.4, -0.2) is 75.6 Å². The number of anilines is 1. The maximum Gasteiger partial charge on any atom is 0.251 e. The van der Waals surface area contributed by atoms with Crippen molar-refractivity contribution in [2.75, 3.05) is 49.8 Å². The fraction of sp³-hybridized carbons (Fsp3) is 0.391. The van der Waals surface area contributed by atoms with Gasteiger partial charge in [0.05, 0.1) is 17.5 Å². The van der Waals surface area contributed by atoms with Crippen LogP contribution < -0.4 is 9.62 Å². The molecule has 1 atom stereocenters. The highest BCUT2D eigenvalue weighted by molar-refractivity contribution is 7.94. The number of nitrogens with zero attached hydrogens (tertiary/aromatic N) is 3. The summed E-state index contributed by atoms with van der Waals surface area (Å²) in [5.41, 5.74) is 1.43. The van der Waals surface area contributed by atoms with Crippen LogP contribution in [0, 0.1) is 0 Å². The highest BCUT2D eigenvalue weighted by Crippen LogP contribution is 2.29. The van der Waals surface area contributed by atoms with E-state index in [9.17, 15) is 18.0 Å². The Balaban J connectivity index is 1.52. The fourth-order valence-corrected chi connectivity index (χ4v) is 5.96. The molecule has 8 nitrogen and oxygen atoms in total. The van der Waals surface area contributed by atoms with Gasteiger partial charge >= 0.3 is 0 Å². The predicted molar refractivity (Wildman–Crippen MR) is 128 cm³/mol. The van der Waals surface area contributed by atoms with Crippen molar-refractivity contribution >= 4 is 39.1 Å². The van der Waals surface area contributed by atoms with Crippen molar-refractivity contribution < 1.29 is 18.0 Å². The summed E-state index contributed by atoms with van der Waals surface area (Å²) < 4.78 is 25.3. The number of halogens is 1. The van der Waals surface area contributed by atoms with Crippen LogP contribution in [0.15, 0.2) is 48.5 Å². The number of hydrogen-bond acceptors (Lipinski definition) is 6. The van der Waals surface area contributed by atoms with E-state index in [1.54, 1.807) is 12.1 Å². The summed E-state index contributed by atoms with van der Waals surface area (Å²) in [5.74, 6) is -1.04. The quantitative estimate of drug-likeness (QED) is 0.667. The van der Waals surface area contributed by atoms with Gasteiger partial charge in [0.25, 0.3) is 5.91 Å². The Morgan fingerprint density at radius 1 is 1.09 bits per heavy atom. The minimum atomic E-state index is -3.69. The zero-order valence-corrected chi connectivity index (χ0v) is 20.0. The molecule has 0 aromatic heterocycles. The van der Waals surface area contributed by atoms with Crippen molar-refractivity contribution in [3.05, 3.63) is 64.7 Å². The Kier molecular flexibility index (Phi) is 7.04. The molecular formula is C23H27ClN4O4S. The zero-order valence-electron chi connectivity index (χ0n) is 18.4. The fourth-order valence-electron chi connectivity index (χ4n) is 4.25. The smallest absolute Gasteiger partial charge is 0.251 e. The summed E-state index contributed by atoms with van der Waals surface area (Å²) in [5, 5.41) is 3.63. The first-order valence-corrected chi connectivity index (χ1v) is 12.9. The average molecular weight is 491 g/mol. The molecule has 2 fully saturated rings. The van der Waals surface area contributed by atoms with Gasteiger partial charge in [-0.1, -0.05) is 35.9 Å². The van der Waals surface area contributed by atoms with E-state index < -0.39 is 15.9 Å². The summed E-state index contributed by atoms with van der Waals surface area (Å²) >= 11 is 6.49. The lowest BCUT2D eigenvalue weighted by molar-refractivity contribution is -0.116. The van der Waals surface area contributed by atoms with E-state index in [1.807, 2.05) is 24.3 Å². The summed E-state index contributed by atoms with van der Waals surface area (Å²) in [6, 6.07) is 13.7. The second-order valence-corrected chi connectivity index (χ2v) is 10.7. The maximum atomic E-state index is 13.0. The van der Waals surface area contributed by atoms with Crippen molar-refractivity contribution in [1.82, 2.24) is 15.1 Å². The third-order valence-electron chi connectivity index (χ3n) is 6.12. The van der Waals surface area contributed by atoms with Crippen molar-refractivity contribution in [3.63, 3.8) is 0 Å². The second kappa shape index (κ2) is 9.80. The predicted octanol–water partition coefficient (Wildman–Crippen LogP) is 2.12. The molecule has 0 aliphatic carbocycles. The molecule has 2 aliphatic rings. The first kappa shape index (κ1) is 23.7. The first-order chi connectivity index (χ1) is 15.8. The molecule has 4 rings (SSSR count). The van der Waals surface area contributed by atoms with Gasteiger partial charge < -0.3 is 10.2 Å². The Labute approximate surface area is 199 Å². The molecule has 0 unspecified atom stereocenters. The minimum absolute atomic E-state index is 0.0523. The van der Waals surface area contributed by atoms with Crippen molar-refractivity contribution in [3.8, 4) is 0 Å². The van der Waals surface area contributed by atoms with Gasteiger partial charge in [-0.2, -0.15) is 0 Å². The molecule has 33 heavy (non-hydrogen) atoms. The lowest BCUT2D eigenvalue weighted by Crippen LogP contribution is -2.48. The van der Waals surface area contributed by atoms with E-state index >= 15 is 0 Å². The Bertz CT molecular complexity index is 1150. The maximum absolute atomic E-state index is 13.0. The molecule has 2 aliphatic heterocycles. The summed E-state index contributed by atoms with van der Waals surface area (Å²) in [7, 11) is -1.61. The molecule has 0 spiro atoms. The first-order valence-electron chi connectivity index (χ1n) is 10.9. The monoisotopic (exact) mass is 490 g/mol. The van der Waals surface area contributed by atoms with Crippen LogP contribution >= 0.6 is 11.6 Å². The van der Waals surface area contributed by atoms with E-state index in [2.05, 4.69) is 22.2 Å². The van der Waals surface area contributed by atoms with Gasteiger partial charge in [-0.15, -0.1) is 0 Å². The van der Waals surface area contributed by atoms with Crippen LogP contribution in [0.1, 0.15) is 28.4 Å². The number of carbonyl (C=O) groups excluding carboxylic acids is 2. The normalized spacial score (nSPS) is 20.1. The summed E-state index contributed by atoms with van der Waals surface area (Å²) in [4.78, 5) is 29.7. The molecule has 0 bridgehead atoms. The largest absolute Gasteiger partial charge is 0.350 e. The van der Waals surface area contributed by atoms with Crippen molar-refractivity contribution in [2.24, 2.45) is 0 Å². The van der Waals surface area contributed by atoms with E-state index in [-0.39, 0.29) is 29.8 Å². The molecule has 10 heteroatoms. The SMILES string of the molecule is CN1CCN([C@@H](CNC(=O)c2cccc(N3C(=O)CCS3(=O)=O)c2)c2ccccc2Cl)CC1. The van der Waals surface area contributed by atoms with Gasteiger partial charge in [0.1, 0.15) is 0 Å². The number of benzene rings is 2. The highest BCUT2D eigenvalue weighted by atomic mass is 35.5. The topological polar surface area (TPSA) is 90.0 Å². The lowest BCUT2D eigenvalue weighted by Gasteiger charge is -2.38. The average Bonchev–Trinajstić information content (AvgIpc) is 3.08. The van der Waals surface area contributed by atoms with Gasteiger partial charge in [0, 0.05) is 49.7 Å². The number of carbonyl (C=O) groups is 2. The number of sulfonamides is 1. The number of rotatable bonds is 6. The molecule has 2 aromatic rings. The van der Waals surface area contributed by atoms with Gasteiger partial charge in [-0.3, -0.25) is 14.5 Å². The molecule has 176 valence electrons. The molecule has 2 saturated heterocycles. The number of nitrogens with one attached hydrogen (secondary N) is 1. The van der Waals surface area contributed by atoms with E-state index in [0.29, 0.717) is 17.1 Å². The van der Waals surface area contributed by atoms with Crippen LogP contribution in [-0.2, 0) is 14.8 Å². The van der Waals surface area contributed by atoms with E-state index in [0.717, 1.165) is 36.0 Å². The van der Waals surface area contributed by atoms with Gasteiger partial charge in [-0.25, -0.2) is 12.7 Å². The Morgan fingerprint density at radius 3 is 2.48 bits per heavy atom. The van der Waals surface area contributed by atoms with Crippen LogP contribution in [0.3, 0.4) is 0 Å². The Morgan fingerprint density at radius 2 is 1.82 bits per heavy atom. The molecular weight excluding hydrogens is 464 g/mol. The zero-order chi connectivity index (χ0) is 23.6. The molecule has 0 radical (unpaired) electrons. The van der Waals surface area contributed by atoms with Crippen LogP contribution in [0.2, 0.25) is 5.02 Å². The van der Waals surface area contributed by atoms with Crippen molar-refractivity contribution in [1.29, 1.82) is 0 Å². The van der Waals surface area contributed by atoms with Gasteiger partial charge in [0.2, 0.25) is 15.9 Å². The second-order valence-electron chi connectivity index (χ2n) is 8.36. The molecule has 0 saturated carbocycles. The van der Waals surface area contributed by atoms with Gasteiger partial charge in [0.15, 0.2) is 0 Å². The third-order valence-corrected chi connectivity index (χ3v) is 8.16. The van der Waals surface area contributed by atoms with Crippen molar-refractivity contribution in [2.45, 2.75) is 12.5 Å². The molecule has 1 N–H and O–H groups in total. The highest BCUT2D eigenvalue weighted by Gasteiger charge is 2.36. The lowest BCUT2D eigenvalue weighted by atomic mass is 10.0. The molecule has 2 aromatic carbocycles.